The van der Waals surface area contributed by atoms with Gasteiger partial charge in [0.05, 0.1) is 6.54 Å². The first-order valence-electron chi connectivity index (χ1n) is 6.25. The summed E-state index contributed by atoms with van der Waals surface area (Å²) in [7, 11) is 0. The highest BCUT2D eigenvalue weighted by atomic mass is 16.4. The Balaban J connectivity index is 0. The van der Waals surface area contributed by atoms with Crippen molar-refractivity contribution in [3.63, 3.8) is 0 Å². The largest absolute Gasteiger partial charge is 0.480 e. The highest BCUT2D eigenvalue weighted by Crippen LogP contribution is 1.86. The summed E-state index contributed by atoms with van der Waals surface area (Å²) in [6, 6.07) is -0.763. The lowest BCUT2D eigenvalue weighted by Gasteiger charge is -2.19. The third kappa shape index (κ3) is 12.4. The Bertz CT molecular complexity index is 288. The van der Waals surface area contributed by atoms with Gasteiger partial charge in [-0.3, -0.25) is 9.79 Å². The predicted octanol–water partition coefficient (Wildman–Crippen LogP) is -1.14. The zero-order valence-electron chi connectivity index (χ0n) is 11.8. The first kappa shape index (κ1) is 19.5. The number of nitrogens with one attached hydrogen (secondary N) is 2. The molecule has 0 aromatic heterocycles. The SMILES string of the molecule is CC.CCCN=C(N)N.O=C1CNCC(C(=O)O)N1. The fourth-order valence-electron chi connectivity index (χ4n) is 1.02. The summed E-state index contributed by atoms with van der Waals surface area (Å²) in [6.07, 6.45) is 0.998. The molecule has 8 heteroatoms. The Kier molecular flexibility index (Phi) is 13.0. The van der Waals surface area contributed by atoms with E-state index in [1.165, 1.54) is 0 Å². The number of carboxylic acids is 1. The molecule has 0 aliphatic carbocycles. The third-order valence-corrected chi connectivity index (χ3v) is 1.79. The number of nitrogens with two attached hydrogens (primary N) is 2. The summed E-state index contributed by atoms with van der Waals surface area (Å²) < 4.78 is 0. The monoisotopic (exact) mass is 275 g/mol. The molecule has 0 aromatic carbocycles. The summed E-state index contributed by atoms with van der Waals surface area (Å²) in [4.78, 5) is 24.5. The van der Waals surface area contributed by atoms with Crippen molar-refractivity contribution in [3.8, 4) is 0 Å². The van der Waals surface area contributed by atoms with Gasteiger partial charge < -0.3 is 27.2 Å². The molecule has 1 heterocycles. The van der Waals surface area contributed by atoms with Crippen LogP contribution < -0.4 is 22.1 Å². The number of rotatable bonds is 3. The van der Waals surface area contributed by atoms with E-state index in [9.17, 15) is 9.59 Å². The minimum absolute atomic E-state index is 0.182. The normalized spacial score (nSPS) is 16.8. The molecular weight excluding hydrogens is 250 g/mol. The molecule has 0 bridgehead atoms. The lowest BCUT2D eigenvalue weighted by Crippen LogP contribution is -2.55. The molecule has 0 saturated carbocycles. The first-order valence-corrected chi connectivity index (χ1v) is 6.25. The average molecular weight is 275 g/mol. The van der Waals surface area contributed by atoms with Crippen LogP contribution in [0.2, 0.25) is 0 Å². The van der Waals surface area contributed by atoms with Crippen molar-refractivity contribution < 1.29 is 14.7 Å². The predicted molar refractivity (Wildman–Crippen MR) is 74.8 cm³/mol. The van der Waals surface area contributed by atoms with Gasteiger partial charge in [-0.1, -0.05) is 20.8 Å². The second-order valence-electron chi connectivity index (χ2n) is 3.40. The molecule has 19 heavy (non-hydrogen) atoms. The van der Waals surface area contributed by atoms with Crippen molar-refractivity contribution in [2.24, 2.45) is 16.5 Å². The molecule has 1 saturated heterocycles. The maximum Gasteiger partial charge on any atom is 0.327 e. The van der Waals surface area contributed by atoms with Crippen LogP contribution in [0.5, 0.6) is 0 Å². The van der Waals surface area contributed by atoms with Crippen molar-refractivity contribution in [2.45, 2.75) is 33.2 Å². The second kappa shape index (κ2) is 12.6. The molecule has 0 aromatic rings. The van der Waals surface area contributed by atoms with E-state index in [1.54, 1.807) is 0 Å². The number of amides is 1. The van der Waals surface area contributed by atoms with Gasteiger partial charge in [0.1, 0.15) is 6.04 Å². The first-order chi connectivity index (χ1) is 8.97. The molecule has 1 atom stereocenters. The number of carbonyl (C=O) groups excluding carboxylic acids is 1. The Hall–Kier alpha value is -1.83. The van der Waals surface area contributed by atoms with Crippen LogP contribution >= 0.6 is 0 Å². The zero-order valence-corrected chi connectivity index (χ0v) is 11.8. The van der Waals surface area contributed by atoms with E-state index in [4.69, 9.17) is 16.6 Å². The van der Waals surface area contributed by atoms with Gasteiger partial charge in [-0.25, -0.2) is 4.79 Å². The van der Waals surface area contributed by atoms with Gasteiger partial charge in [-0.2, -0.15) is 0 Å². The molecule has 1 amide bonds. The molecule has 8 nitrogen and oxygen atoms in total. The molecular formula is C11H25N5O3. The van der Waals surface area contributed by atoms with Crippen LogP contribution in [0.1, 0.15) is 27.2 Å². The summed E-state index contributed by atoms with van der Waals surface area (Å²) >= 11 is 0. The number of aliphatic imine (C=N–C) groups is 1. The van der Waals surface area contributed by atoms with Crippen LogP contribution in [0.4, 0.5) is 0 Å². The van der Waals surface area contributed by atoms with Gasteiger partial charge in [0.2, 0.25) is 5.91 Å². The van der Waals surface area contributed by atoms with Gasteiger partial charge in [0.25, 0.3) is 0 Å². The van der Waals surface area contributed by atoms with Gasteiger partial charge in [-0.05, 0) is 6.42 Å². The van der Waals surface area contributed by atoms with Gasteiger partial charge >= 0.3 is 5.97 Å². The Morgan fingerprint density at radius 1 is 1.47 bits per heavy atom. The van der Waals surface area contributed by atoms with E-state index in [0.717, 1.165) is 13.0 Å². The van der Waals surface area contributed by atoms with Crippen LogP contribution in [-0.4, -0.2) is 48.6 Å². The Labute approximate surface area is 113 Å². The molecule has 0 spiro atoms. The summed E-state index contributed by atoms with van der Waals surface area (Å²) in [5.41, 5.74) is 10.0. The number of guanidine groups is 1. The molecule has 0 radical (unpaired) electrons. The molecule has 1 aliphatic rings. The van der Waals surface area contributed by atoms with Crippen molar-refractivity contribution in [3.05, 3.63) is 0 Å². The smallest absolute Gasteiger partial charge is 0.327 e. The van der Waals surface area contributed by atoms with E-state index < -0.39 is 12.0 Å². The van der Waals surface area contributed by atoms with Crippen molar-refractivity contribution in [2.75, 3.05) is 19.6 Å². The number of aliphatic carboxylic acids is 1. The van der Waals surface area contributed by atoms with Crippen LogP contribution in [0.25, 0.3) is 0 Å². The zero-order chi connectivity index (χ0) is 15.3. The van der Waals surface area contributed by atoms with Gasteiger partial charge in [0, 0.05) is 13.1 Å². The van der Waals surface area contributed by atoms with Crippen LogP contribution in [0.3, 0.4) is 0 Å². The van der Waals surface area contributed by atoms with Crippen molar-refractivity contribution >= 4 is 17.8 Å². The van der Waals surface area contributed by atoms with Crippen LogP contribution in [0, 0.1) is 0 Å². The molecule has 1 unspecified atom stereocenters. The molecule has 7 N–H and O–H groups in total. The quantitative estimate of drug-likeness (QED) is 0.325. The van der Waals surface area contributed by atoms with E-state index in [-0.39, 0.29) is 18.4 Å². The molecule has 1 aliphatic heterocycles. The summed E-state index contributed by atoms with van der Waals surface area (Å²) in [5, 5.41) is 13.4. The van der Waals surface area contributed by atoms with E-state index in [1.807, 2.05) is 20.8 Å². The minimum Gasteiger partial charge on any atom is -0.480 e. The third-order valence-electron chi connectivity index (χ3n) is 1.79. The van der Waals surface area contributed by atoms with Crippen molar-refractivity contribution in [1.82, 2.24) is 10.6 Å². The van der Waals surface area contributed by atoms with E-state index >= 15 is 0 Å². The Morgan fingerprint density at radius 2 is 2.05 bits per heavy atom. The number of hydrogen-bond donors (Lipinski definition) is 5. The Morgan fingerprint density at radius 3 is 2.32 bits per heavy atom. The fraction of sp³-hybridized carbons (Fsp3) is 0.727. The molecule has 1 rings (SSSR count). The standard InChI is InChI=1S/C5H8N2O3.C4H11N3.C2H6/c8-4-2-6-1-3(7-4)5(9)10;1-2-3-7-4(5)6;1-2/h3,6H,1-2H2,(H,7,8)(H,9,10);2-3H2,1H3,(H4,5,6,7);1-2H3. The molecule has 1 fully saturated rings. The number of hydrogen-bond acceptors (Lipinski definition) is 4. The number of carboxylic acid groups (broad SMARTS) is 1. The maximum absolute atomic E-state index is 10.5. The highest BCUT2D eigenvalue weighted by molar-refractivity contribution is 5.86. The second-order valence-corrected chi connectivity index (χ2v) is 3.40. The van der Waals surface area contributed by atoms with E-state index in [2.05, 4.69) is 15.6 Å². The molecule has 112 valence electrons. The minimum atomic E-state index is -0.999. The highest BCUT2D eigenvalue weighted by Gasteiger charge is 2.22. The number of piperazine rings is 1. The van der Waals surface area contributed by atoms with Gasteiger partial charge in [0.15, 0.2) is 5.96 Å². The average Bonchev–Trinajstić information content (AvgIpc) is 2.39. The van der Waals surface area contributed by atoms with Crippen LogP contribution in [0.15, 0.2) is 4.99 Å². The lowest BCUT2D eigenvalue weighted by atomic mass is 10.2. The lowest BCUT2D eigenvalue weighted by molar-refractivity contribution is -0.142. The van der Waals surface area contributed by atoms with Crippen LogP contribution in [-0.2, 0) is 9.59 Å². The number of carbonyl (C=O) groups is 2. The fourth-order valence-corrected chi connectivity index (χ4v) is 1.02. The maximum atomic E-state index is 10.5. The topological polar surface area (TPSA) is 143 Å². The summed E-state index contributed by atoms with van der Waals surface area (Å²) in [6.45, 7) is 7.28. The number of nitrogens with zero attached hydrogens (tertiary/aromatic N) is 1. The summed E-state index contributed by atoms with van der Waals surface area (Å²) in [5.74, 6) is -1.08. The van der Waals surface area contributed by atoms with E-state index in [0.29, 0.717) is 6.54 Å². The van der Waals surface area contributed by atoms with Gasteiger partial charge in [-0.15, -0.1) is 0 Å². The van der Waals surface area contributed by atoms with Crippen molar-refractivity contribution in [1.29, 1.82) is 0 Å².